The molecule has 1 aromatic carbocycles. The van der Waals surface area contributed by atoms with Crippen molar-refractivity contribution in [1.29, 1.82) is 0 Å². The second-order valence-electron chi connectivity index (χ2n) is 4.96. The van der Waals surface area contributed by atoms with E-state index in [-0.39, 0.29) is 5.91 Å². The van der Waals surface area contributed by atoms with Gasteiger partial charge in [0, 0.05) is 5.02 Å². The van der Waals surface area contributed by atoms with Crippen LogP contribution in [-0.2, 0) is 16.2 Å². The number of amides is 1. The first-order valence-corrected chi connectivity index (χ1v) is 6.09. The minimum Gasteiger partial charge on any atom is -0.497 e. The molecule has 0 spiro atoms. The normalized spacial score (nSPS) is 18.2. The van der Waals surface area contributed by atoms with Crippen LogP contribution < -0.4 is 4.74 Å². The summed E-state index contributed by atoms with van der Waals surface area (Å²) in [6.45, 7) is 4.46. The fourth-order valence-corrected chi connectivity index (χ4v) is 1.95. The zero-order chi connectivity index (χ0) is 13.3. The van der Waals surface area contributed by atoms with Crippen molar-refractivity contribution in [1.82, 2.24) is 5.06 Å². The van der Waals surface area contributed by atoms with Gasteiger partial charge in [-0.2, -0.15) is 0 Å². The molecule has 0 aromatic heterocycles. The Morgan fingerprint density at radius 2 is 2.22 bits per heavy atom. The van der Waals surface area contributed by atoms with E-state index in [1.807, 2.05) is 19.9 Å². The van der Waals surface area contributed by atoms with E-state index in [1.54, 1.807) is 19.2 Å². The SMILES string of the molecule is COc1ccc(Cl)c(CN2OCC(C)(C)C2=O)c1. The Balaban J connectivity index is 2.17. The summed E-state index contributed by atoms with van der Waals surface area (Å²) in [5.41, 5.74) is 0.341. The van der Waals surface area contributed by atoms with Gasteiger partial charge in [-0.25, -0.2) is 5.06 Å². The molecule has 98 valence electrons. The maximum atomic E-state index is 12.0. The molecule has 0 aliphatic carbocycles. The molecule has 0 saturated carbocycles. The lowest BCUT2D eigenvalue weighted by molar-refractivity contribution is -0.165. The summed E-state index contributed by atoms with van der Waals surface area (Å²) in [5.74, 6) is 0.682. The third kappa shape index (κ3) is 2.44. The smallest absolute Gasteiger partial charge is 0.254 e. The molecule has 1 aliphatic rings. The Bertz CT molecular complexity index is 473. The van der Waals surface area contributed by atoms with E-state index in [0.717, 1.165) is 5.56 Å². The van der Waals surface area contributed by atoms with Crippen molar-refractivity contribution >= 4 is 17.5 Å². The number of hydroxylamine groups is 2. The van der Waals surface area contributed by atoms with Crippen LogP contribution in [-0.4, -0.2) is 24.7 Å². The summed E-state index contributed by atoms with van der Waals surface area (Å²) in [6.07, 6.45) is 0. The summed E-state index contributed by atoms with van der Waals surface area (Å²) in [6, 6.07) is 5.34. The largest absolute Gasteiger partial charge is 0.497 e. The Morgan fingerprint density at radius 3 is 2.78 bits per heavy atom. The second-order valence-corrected chi connectivity index (χ2v) is 5.36. The van der Waals surface area contributed by atoms with Gasteiger partial charge in [-0.3, -0.25) is 9.63 Å². The lowest BCUT2D eigenvalue weighted by atomic mass is 9.95. The van der Waals surface area contributed by atoms with Crippen molar-refractivity contribution in [2.75, 3.05) is 13.7 Å². The van der Waals surface area contributed by atoms with E-state index < -0.39 is 5.41 Å². The summed E-state index contributed by atoms with van der Waals surface area (Å²) in [7, 11) is 1.59. The molecule has 4 nitrogen and oxygen atoms in total. The fourth-order valence-electron chi connectivity index (χ4n) is 1.77. The molecule has 1 aliphatic heterocycles. The van der Waals surface area contributed by atoms with Crippen molar-refractivity contribution in [2.45, 2.75) is 20.4 Å². The van der Waals surface area contributed by atoms with Crippen molar-refractivity contribution in [3.8, 4) is 5.75 Å². The maximum Gasteiger partial charge on any atom is 0.254 e. The van der Waals surface area contributed by atoms with Gasteiger partial charge in [-0.1, -0.05) is 11.6 Å². The fraction of sp³-hybridized carbons (Fsp3) is 0.462. The molecule has 1 amide bonds. The zero-order valence-electron chi connectivity index (χ0n) is 10.7. The van der Waals surface area contributed by atoms with Crippen molar-refractivity contribution < 1.29 is 14.4 Å². The highest BCUT2D eigenvalue weighted by Crippen LogP contribution is 2.30. The second kappa shape index (κ2) is 4.78. The molecule has 0 N–H and O–H groups in total. The number of methoxy groups -OCH3 is 1. The Labute approximate surface area is 111 Å². The van der Waals surface area contributed by atoms with Crippen molar-refractivity contribution in [2.24, 2.45) is 5.41 Å². The minimum absolute atomic E-state index is 0.0265. The van der Waals surface area contributed by atoms with Gasteiger partial charge in [-0.15, -0.1) is 0 Å². The van der Waals surface area contributed by atoms with Crippen molar-refractivity contribution in [3.05, 3.63) is 28.8 Å². The average Bonchev–Trinajstić information content (AvgIpc) is 2.59. The predicted octanol–water partition coefficient (Wildman–Crippen LogP) is 2.65. The van der Waals surface area contributed by atoms with Gasteiger partial charge < -0.3 is 4.74 Å². The van der Waals surface area contributed by atoms with Gasteiger partial charge in [0.1, 0.15) is 5.75 Å². The number of nitrogens with zero attached hydrogens (tertiary/aromatic N) is 1. The summed E-state index contributed by atoms with van der Waals surface area (Å²) >= 11 is 6.10. The zero-order valence-corrected chi connectivity index (χ0v) is 11.5. The van der Waals surface area contributed by atoms with E-state index in [4.69, 9.17) is 21.2 Å². The monoisotopic (exact) mass is 269 g/mol. The van der Waals surface area contributed by atoms with Gasteiger partial charge in [0.05, 0.1) is 25.7 Å². The number of rotatable bonds is 3. The van der Waals surface area contributed by atoms with Crippen LogP contribution in [0.25, 0.3) is 0 Å². The number of benzene rings is 1. The lowest BCUT2D eigenvalue weighted by Crippen LogP contribution is -2.30. The molecule has 1 saturated heterocycles. The highest BCUT2D eigenvalue weighted by atomic mass is 35.5. The van der Waals surface area contributed by atoms with Crippen LogP contribution in [0.15, 0.2) is 18.2 Å². The standard InChI is InChI=1S/C13H16ClNO3/c1-13(2)8-18-15(12(13)16)7-9-6-10(17-3)4-5-11(9)14/h4-6H,7-8H2,1-3H3. The molecular formula is C13H16ClNO3. The van der Waals surface area contributed by atoms with Crippen LogP contribution in [0.5, 0.6) is 5.75 Å². The van der Waals surface area contributed by atoms with Crippen LogP contribution in [0, 0.1) is 5.41 Å². The predicted molar refractivity (Wildman–Crippen MR) is 68.3 cm³/mol. The molecular weight excluding hydrogens is 254 g/mol. The van der Waals surface area contributed by atoms with Gasteiger partial charge in [0.25, 0.3) is 5.91 Å². The molecule has 18 heavy (non-hydrogen) atoms. The molecule has 2 rings (SSSR count). The number of hydrogen-bond donors (Lipinski definition) is 0. The lowest BCUT2D eigenvalue weighted by Gasteiger charge is -2.17. The highest BCUT2D eigenvalue weighted by molar-refractivity contribution is 6.31. The van der Waals surface area contributed by atoms with Gasteiger partial charge in [-0.05, 0) is 37.6 Å². The van der Waals surface area contributed by atoms with E-state index in [0.29, 0.717) is 23.9 Å². The molecule has 1 aromatic rings. The average molecular weight is 270 g/mol. The Hall–Kier alpha value is -1.26. The number of hydrogen-bond acceptors (Lipinski definition) is 3. The summed E-state index contributed by atoms with van der Waals surface area (Å²) in [4.78, 5) is 17.4. The first kappa shape index (κ1) is 13.2. The van der Waals surface area contributed by atoms with Crippen LogP contribution in [0.4, 0.5) is 0 Å². The molecule has 5 heteroatoms. The number of halogens is 1. The molecule has 1 fully saturated rings. The summed E-state index contributed by atoms with van der Waals surface area (Å²) in [5, 5.41) is 1.96. The van der Waals surface area contributed by atoms with Gasteiger partial charge >= 0.3 is 0 Å². The quantitative estimate of drug-likeness (QED) is 0.847. The number of carbonyl (C=O) groups is 1. The third-order valence-corrected chi connectivity index (χ3v) is 3.32. The molecule has 0 unspecified atom stereocenters. The third-order valence-electron chi connectivity index (χ3n) is 2.95. The molecule has 1 heterocycles. The van der Waals surface area contributed by atoms with Gasteiger partial charge in [0.15, 0.2) is 0 Å². The van der Waals surface area contributed by atoms with E-state index in [1.165, 1.54) is 5.06 Å². The minimum atomic E-state index is -0.467. The van der Waals surface area contributed by atoms with Crippen LogP contribution in [0.3, 0.4) is 0 Å². The first-order chi connectivity index (χ1) is 8.44. The van der Waals surface area contributed by atoms with Crippen LogP contribution >= 0.6 is 11.6 Å². The number of carbonyl (C=O) groups excluding carboxylic acids is 1. The van der Waals surface area contributed by atoms with Crippen molar-refractivity contribution in [3.63, 3.8) is 0 Å². The Morgan fingerprint density at radius 1 is 1.50 bits per heavy atom. The van der Waals surface area contributed by atoms with E-state index in [2.05, 4.69) is 0 Å². The Kier molecular flexibility index (Phi) is 3.50. The molecule has 0 radical (unpaired) electrons. The molecule has 0 atom stereocenters. The maximum absolute atomic E-state index is 12.0. The number of ether oxygens (including phenoxy) is 1. The van der Waals surface area contributed by atoms with Crippen LogP contribution in [0.2, 0.25) is 5.02 Å². The summed E-state index contributed by atoms with van der Waals surface area (Å²) < 4.78 is 5.14. The first-order valence-electron chi connectivity index (χ1n) is 5.71. The van der Waals surface area contributed by atoms with E-state index >= 15 is 0 Å². The topological polar surface area (TPSA) is 38.8 Å². The van der Waals surface area contributed by atoms with E-state index in [9.17, 15) is 4.79 Å². The van der Waals surface area contributed by atoms with Gasteiger partial charge in [0.2, 0.25) is 0 Å². The highest BCUT2D eigenvalue weighted by Gasteiger charge is 2.40. The molecule has 0 bridgehead atoms. The van der Waals surface area contributed by atoms with Crippen LogP contribution in [0.1, 0.15) is 19.4 Å².